The summed E-state index contributed by atoms with van der Waals surface area (Å²) in [7, 11) is 0. The molecule has 0 aliphatic carbocycles. The van der Waals surface area contributed by atoms with E-state index >= 15 is 0 Å². The van der Waals surface area contributed by atoms with E-state index in [4.69, 9.17) is 0 Å². The lowest BCUT2D eigenvalue weighted by Crippen LogP contribution is -2.33. The molecule has 0 aromatic rings. The number of rotatable bonds is 4. The maximum Gasteiger partial charge on any atom is 0.439 e. The van der Waals surface area contributed by atoms with Crippen LogP contribution < -0.4 is 0 Å². The van der Waals surface area contributed by atoms with Gasteiger partial charge in [0.05, 0.1) is 24.0 Å². The van der Waals surface area contributed by atoms with Gasteiger partial charge in [-0.15, -0.1) is 0 Å². The molecular weight excluding hydrogens is 256 g/mol. The Labute approximate surface area is 107 Å². The summed E-state index contributed by atoms with van der Waals surface area (Å²) in [5.74, 6) is -2.64. The van der Waals surface area contributed by atoms with E-state index in [0.29, 0.717) is 4.74 Å². The molecule has 8 heteroatoms. The second kappa shape index (κ2) is 5.01. The summed E-state index contributed by atoms with van der Waals surface area (Å²) in [6.45, 7) is -0.133. The zero-order valence-electron chi connectivity index (χ0n) is 9.87. The lowest BCUT2D eigenvalue weighted by atomic mass is 10.4. The van der Waals surface area contributed by atoms with Crippen molar-refractivity contribution < 1.29 is 33.9 Å². The first-order chi connectivity index (χ1) is 8.99. The molecule has 2 aliphatic rings. The zero-order valence-corrected chi connectivity index (χ0v) is 9.87. The number of carbonyl (C=O) groups excluding carboxylic acids is 4. The highest BCUT2D eigenvalue weighted by atomic mass is 16.7. The topological polar surface area (TPSA) is 104 Å². The van der Waals surface area contributed by atoms with Gasteiger partial charge in [-0.3, -0.25) is 14.5 Å². The van der Waals surface area contributed by atoms with Gasteiger partial charge in [-0.2, -0.15) is 4.84 Å². The Balaban J connectivity index is 1.86. The number of carbonyl (C=O) groups is 4. The first kappa shape index (κ1) is 12.9. The molecular formula is C11H11N2O6+. The molecule has 0 fully saturated rings. The third kappa shape index (κ3) is 2.67. The highest BCUT2D eigenvalue weighted by molar-refractivity contribution is 6.13. The van der Waals surface area contributed by atoms with E-state index in [1.165, 1.54) is 0 Å². The summed E-state index contributed by atoms with van der Waals surface area (Å²) >= 11 is 0. The van der Waals surface area contributed by atoms with Crippen LogP contribution in [-0.4, -0.2) is 50.9 Å². The van der Waals surface area contributed by atoms with Crippen molar-refractivity contribution in [3.05, 3.63) is 12.2 Å². The average molecular weight is 267 g/mol. The van der Waals surface area contributed by atoms with E-state index in [9.17, 15) is 24.3 Å². The highest BCUT2D eigenvalue weighted by Gasteiger charge is 2.37. The smallest absolute Gasteiger partial charge is 0.439 e. The van der Waals surface area contributed by atoms with Crippen LogP contribution in [0.1, 0.15) is 19.3 Å². The number of hydrogen-bond donors (Lipinski definition) is 1. The predicted molar refractivity (Wildman–Crippen MR) is 58.7 cm³/mol. The van der Waals surface area contributed by atoms with Crippen LogP contribution in [0.5, 0.6) is 0 Å². The SMILES string of the molecule is O=C(CCN1C(=O)C=CC1=O)O[N+]1=C(O)CCC1=O. The summed E-state index contributed by atoms with van der Waals surface area (Å²) in [6, 6.07) is 0. The minimum atomic E-state index is -0.811. The van der Waals surface area contributed by atoms with Crippen LogP contribution in [0.2, 0.25) is 0 Å². The van der Waals surface area contributed by atoms with E-state index in [2.05, 4.69) is 4.84 Å². The Morgan fingerprint density at radius 2 is 1.89 bits per heavy atom. The van der Waals surface area contributed by atoms with Crippen LogP contribution in [-0.2, 0) is 24.0 Å². The number of aliphatic hydroxyl groups excluding tert-OH is 1. The van der Waals surface area contributed by atoms with Crippen LogP contribution >= 0.6 is 0 Å². The molecule has 2 rings (SSSR count). The van der Waals surface area contributed by atoms with Gasteiger partial charge in [0.2, 0.25) is 0 Å². The summed E-state index contributed by atoms with van der Waals surface area (Å²) in [6.07, 6.45) is 2.16. The molecule has 0 atom stereocenters. The van der Waals surface area contributed by atoms with E-state index in [1.807, 2.05) is 0 Å². The van der Waals surface area contributed by atoms with Gasteiger partial charge in [0.15, 0.2) is 0 Å². The van der Waals surface area contributed by atoms with Gasteiger partial charge >= 0.3 is 17.8 Å². The number of imide groups is 1. The van der Waals surface area contributed by atoms with Crippen molar-refractivity contribution in [2.24, 2.45) is 0 Å². The second-order valence-electron chi connectivity index (χ2n) is 3.98. The van der Waals surface area contributed by atoms with E-state index < -0.39 is 23.7 Å². The number of hydroxylamine groups is 1. The molecule has 2 aliphatic heterocycles. The summed E-state index contributed by atoms with van der Waals surface area (Å²) in [4.78, 5) is 50.6. The number of aliphatic hydroxyl groups is 1. The van der Waals surface area contributed by atoms with Crippen molar-refractivity contribution in [1.29, 1.82) is 0 Å². The molecule has 1 N–H and O–H groups in total. The van der Waals surface area contributed by atoms with Crippen molar-refractivity contribution in [1.82, 2.24) is 4.90 Å². The summed E-state index contributed by atoms with van der Waals surface area (Å²) < 4.78 is 0.536. The van der Waals surface area contributed by atoms with Crippen molar-refractivity contribution >= 4 is 29.6 Å². The molecule has 0 bridgehead atoms. The molecule has 2 heterocycles. The van der Waals surface area contributed by atoms with E-state index in [-0.39, 0.29) is 31.7 Å². The highest BCUT2D eigenvalue weighted by Crippen LogP contribution is 2.08. The fraction of sp³-hybridized carbons (Fsp3) is 0.364. The fourth-order valence-electron chi connectivity index (χ4n) is 1.67. The molecule has 0 saturated heterocycles. The fourth-order valence-corrected chi connectivity index (χ4v) is 1.67. The molecule has 8 nitrogen and oxygen atoms in total. The lowest BCUT2D eigenvalue weighted by molar-refractivity contribution is -0.694. The van der Waals surface area contributed by atoms with Gasteiger partial charge in [0.1, 0.15) is 0 Å². The molecule has 0 aromatic heterocycles. The van der Waals surface area contributed by atoms with Crippen LogP contribution in [0.15, 0.2) is 12.2 Å². The van der Waals surface area contributed by atoms with Crippen LogP contribution in [0.3, 0.4) is 0 Å². The van der Waals surface area contributed by atoms with Gasteiger partial charge in [-0.25, -0.2) is 9.59 Å². The van der Waals surface area contributed by atoms with Crippen molar-refractivity contribution in [3.63, 3.8) is 0 Å². The number of nitrogens with zero attached hydrogens (tertiary/aromatic N) is 2. The molecule has 0 aromatic carbocycles. The molecule has 0 spiro atoms. The summed E-state index contributed by atoms with van der Waals surface area (Å²) in [5, 5.41) is 9.29. The lowest BCUT2D eigenvalue weighted by Gasteiger charge is -2.11. The van der Waals surface area contributed by atoms with Gasteiger partial charge < -0.3 is 5.11 Å². The first-order valence-corrected chi connectivity index (χ1v) is 5.61. The normalized spacial score (nSPS) is 18.7. The third-order valence-electron chi connectivity index (χ3n) is 2.66. The van der Waals surface area contributed by atoms with Crippen molar-refractivity contribution in [2.75, 3.05) is 6.54 Å². The van der Waals surface area contributed by atoms with Crippen LogP contribution in [0, 0.1) is 0 Å². The van der Waals surface area contributed by atoms with Gasteiger partial charge in [-0.1, -0.05) is 0 Å². The minimum Gasteiger partial charge on any atom is -0.460 e. The number of amides is 3. The maximum atomic E-state index is 11.4. The first-order valence-electron chi connectivity index (χ1n) is 5.61. The van der Waals surface area contributed by atoms with Crippen molar-refractivity contribution in [2.45, 2.75) is 19.3 Å². The summed E-state index contributed by atoms with van der Waals surface area (Å²) in [5.41, 5.74) is 0. The Morgan fingerprint density at radius 3 is 2.42 bits per heavy atom. The Hall–Kier alpha value is -2.51. The van der Waals surface area contributed by atoms with Gasteiger partial charge in [0, 0.05) is 18.7 Å². The monoisotopic (exact) mass is 267 g/mol. The maximum absolute atomic E-state index is 11.4. The van der Waals surface area contributed by atoms with Crippen molar-refractivity contribution in [3.8, 4) is 0 Å². The van der Waals surface area contributed by atoms with Gasteiger partial charge in [-0.05, 0) is 0 Å². The van der Waals surface area contributed by atoms with Crippen LogP contribution in [0.4, 0.5) is 0 Å². The molecule has 0 radical (unpaired) electrons. The van der Waals surface area contributed by atoms with Gasteiger partial charge in [0.25, 0.3) is 11.8 Å². The Bertz CT molecular complexity index is 515. The zero-order chi connectivity index (χ0) is 14.0. The van der Waals surface area contributed by atoms with E-state index in [0.717, 1.165) is 17.1 Å². The quantitative estimate of drug-likeness (QED) is 0.400. The average Bonchev–Trinajstić information content (AvgIpc) is 2.84. The predicted octanol–water partition coefficient (Wildman–Crippen LogP) is -0.951. The standard InChI is InChI=1S/C11H10N2O6/c14-7-1-2-8(15)12(7)6-5-11(18)19-13-9(16)3-4-10(13)17/h1-2H,3-6H2/p+1. The largest absolute Gasteiger partial charge is 0.460 e. The molecule has 3 amide bonds. The molecule has 100 valence electrons. The Kier molecular flexibility index (Phi) is 3.41. The molecule has 0 saturated carbocycles. The second-order valence-corrected chi connectivity index (χ2v) is 3.98. The minimum absolute atomic E-state index is 0.0755. The number of hydrogen-bond acceptors (Lipinski definition) is 5. The molecule has 0 unspecified atom stereocenters. The molecule has 19 heavy (non-hydrogen) atoms. The van der Waals surface area contributed by atoms with Crippen LogP contribution in [0.25, 0.3) is 0 Å². The van der Waals surface area contributed by atoms with E-state index in [1.54, 1.807) is 0 Å². The third-order valence-corrected chi connectivity index (χ3v) is 2.66. The Morgan fingerprint density at radius 1 is 1.26 bits per heavy atom.